The van der Waals surface area contributed by atoms with Crippen molar-refractivity contribution in [3.05, 3.63) is 88.4 Å². The van der Waals surface area contributed by atoms with Crippen LogP contribution in [0.5, 0.6) is 0 Å². The number of halogens is 4. The first-order valence-corrected chi connectivity index (χ1v) is 20.6. The second-order valence-electron chi connectivity index (χ2n) is 17.7. The van der Waals surface area contributed by atoms with E-state index >= 15 is 0 Å². The SMILES string of the molecule is CC(C)(C)[C@@H]1C[C@@H](C(C)(C)C)P1[C]1[CH][CH][CH][CH]1.CC(C)(C)[C@@H]1C[C@@H](C(C)(C)C)P1[C]1[CH][CH][CH][CH]1.F[B-](F)(F)F.[CH]1[CH]CC[CH][CH]CC1.[Fe+2].[Rh]. The summed E-state index contributed by atoms with van der Waals surface area (Å²) in [7, 11) is -5.92. The largest absolute Gasteiger partial charge is 2.00 e. The third-order valence-corrected chi connectivity index (χ3v) is 17.9. The molecule has 15 radical (unpaired) electrons. The van der Waals surface area contributed by atoms with Gasteiger partial charge in [-0.25, -0.2) is 0 Å². The summed E-state index contributed by atoms with van der Waals surface area (Å²) in [4.78, 5) is 0. The van der Waals surface area contributed by atoms with E-state index in [1.54, 1.807) is 11.3 Å². The van der Waals surface area contributed by atoms with E-state index in [4.69, 9.17) is 0 Å². The molecular weight excluding hydrogens is 788 g/mol. The molecule has 3 saturated carbocycles. The minimum atomic E-state index is -6.00. The van der Waals surface area contributed by atoms with Crippen molar-refractivity contribution in [2.24, 2.45) is 21.7 Å². The molecule has 0 amide bonds. The standard InChI is InChI=1S/2C16H26P.C8H12.BF4.Fe.Rh/c2*1-15(2,3)13-11-14(16(4,5)6)17(13)12-9-7-8-10-12;1-2-4-6-8-7-5-3-1;2-1(3,4)5;;/h2*7-10,13-14H,11H2,1-6H3;1-2,7-8H,3-6H2;;;/q;;;-1;+2;/t2*13-,14-;;;;/m00..../s1. The van der Waals surface area contributed by atoms with Crippen LogP contribution in [0.2, 0.25) is 0 Å². The molecule has 49 heavy (non-hydrogen) atoms. The van der Waals surface area contributed by atoms with E-state index in [1.165, 1.54) is 38.5 Å². The van der Waals surface area contributed by atoms with Gasteiger partial charge in [-0.3, -0.25) is 0 Å². The first-order valence-electron chi connectivity index (χ1n) is 17.6. The summed E-state index contributed by atoms with van der Waals surface area (Å²) in [5, 5.41) is 0. The average molecular weight is 852 g/mol. The molecule has 0 nitrogen and oxygen atoms in total. The third kappa shape index (κ3) is 17.9. The van der Waals surface area contributed by atoms with E-state index in [-0.39, 0.29) is 52.4 Å². The van der Waals surface area contributed by atoms with E-state index < -0.39 is 7.25 Å². The van der Waals surface area contributed by atoms with Gasteiger partial charge in [0.2, 0.25) is 0 Å². The minimum absolute atomic E-state index is 0. The summed E-state index contributed by atoms with van der Waals surface area (Å²) < 4.78 is 39.0. The number of hydrogen-bond donors (Lipinski definition) is 0. The van der Waals surface area contributed by atoms with Crippen molar-refractivity contribution in [1.29, 1.82) is 0 Å². The van der Waals surface area contributed by atoms with E-state index in [1.807, 2.05) is 0 Å². The Morgan fingerprint density at radius 1 is 0.469 bits per heavy atom. The van der Waals surface area contributed by atoms with Gasteiger partial charge in [0.1, 0.15) is 0 Å². The van der Waals surface area contributed by atoms with Crippen molar-refractivity contribution in [1.82, 2.24) is 0 Å². The van der Waals surface area contributed by atoms with Gasteiger partial charge in [0.25, 0.3) is 0 Å². The molecule has 0 spiro atoms. The molecule has 5 rings (SSSR count). The second kappa shape index (κ2) is 21.8. The molecule has 4 atom stereocenters. The van der Waals surface area contributed by atoms with Gasteiger partial charge in [0.05, 0.1) is 0 Å². The van der Waals surface area contributed by atoms with Crippen molar-refractivity contribution in [2.75, 3.05) is 0 Å². The van der Waals surface area contributed by atoms with Gasteiger partial charge in [0.15, 0.2) is 0 Å². The van der Waals surface area contributed by atoms with Gasteiger partial charge < -0.3 is 17.3 Å². The van der Waals surface area contributed by atoms with Crippen LogP contribution in [0.15, 0.2) is 0 Å². The summed E-state index contributed by atoms with van der Waals surface area (Å²) >= 11 is 0. The smallest absolute Gasteiger partial charge is 0.418 e. The van der Waals surface area contributed by atoms with E-state index in [2.05, 4.69) is 160 Å². The number of hydrogen-bond acceptors (Lipinski definition) is 0. The molecule has 0 aromatic carbocycles. The zero-order valence-corrected chi connectivity index (χ0v) is 36.7. The fourth-order valence-corrected chi connectivity index (χ4v) is 14.4. The topological polar surface area (TPSA) is 0 Å². The molecule has 0 aromatic rings. The van der Waals surface area contributed by atoms with Crippen LogP contribution in [0, 0.1) is 110 Å². The first kappa shape index (κ1) is 50.8. The number of rotatable bonds is 2. The first-order chi connectivity index (χ1) is 21.4. The predicted octanol–water partition coefficient (Wildman–Crippen LogP) is 13.8. The summed E-state index contributed by atoms with van der Waals surface area (Å²) in [5.74, 6) is 0. The molecule has 9 heteroatoms. The van der Waals surface area contributed by atoms with Crippen molar-refractivity contribution >= 4 is 23.1 Å². The van der Waals surface area contributed by atoms with E-state index in [0.29, 0.717) is 21.7 Å². The average Bonchev–Trinajstić information content (AvgIpc) is 3.48. The molecular formula is C40H64BF4FeP2Rh+. The molecule has 2 saturated heterocycles. The van der Waals surface area contributed by atoms with Gasteiger partial charge in [0, 0.05) is 30.8 Å². The maximum Gasteiger partial charge on any atom is 2.00 e. The van der Waals surface area contributed by atoms with Crippen LogP contribution in [-0.2, 0) is 36.5 Å². The fourth-order valence-electron chi connectivity index (χ4n) is 6.77. The Hall–Kier alpha value is 1.79. The normalized spacial score (nSPS) is 27.9. The summed E-state index contributed by atoms with van der Waals surface area (Å²) in [6.45, 7) is 28.9. The Morgan fingerprint density at radius 2 is 0.653 bits per heavy atom. The van der Waals surface area contributed by atoms with Crippen molar-refractivity contribution in [3.8, 4) is 0 Å². The van der Waals surface area contributed by atoms with Crippen LogP contribution < -0.4 is 0 Å². The molecule has 3 aliphatic carbocycles. The zero-order valence-electron chi connectivity index (χ0n) is 32.2. The summed E-state index contributed by atoms with van der Waals surface area (Å²) in [6.07, 6.45) is 35.1. The Balaban J connectivity index is 0.000000677. The van der Waals surface area contributed by atoms with Gasteiger partial charge in [-0.2, -0.15) is 0 Å². The van der Waals surface area contributed by atoms with Crippen LogP contribution >= 0.6 is 15.8 Å². The molecule has 2 aliphatic heterocycles. The van der Waals surface area contributed by atoms with Crippen molar-refractivity contribution < 1.29 is 53.8 Å². The molecule has 5 fully saturated rings. The molecule has 2 heterocycles. The molecule has 5 aliphatic rings. The Kier molecular flexibility index (Phi) is 22.6. The zero-order chi connectivity index (χ0) is 35.8. The van der Waals surface area contributed by atoms with Crippen molar-refractivity contribution in [3.63, 3.8) is 0 Å². The maximum absolute atomic E-state index is 9.75. The minimum Gasteiger partial charge on any atom is -0.418 e. The van der Waals surface area contributed by atoms with Gasteiger partial charge in [-0.15, -0.1) is 0 Å². The van der Waals surface area contributed by atoms with Gasteiger partial charge in [-0.1, -0.05) is 98.9 Å². The second-order valence-corrected chi connectivity index (χ2v) is 22.8. The monoisotopic (exact) mass is 852 g/mol. The van der Waals surface area contributed by atoms with Crippen LogP contribution in [0.4, 0.5) is 17.3 Å². The quantitative estimate of drug-likeness (QED) is 0.147. The van der Waals surface area contributed by atoms with Crippen LogP contribution in [0.1, 0.15) is 122 Å². The summed E-state index contributed by atoms with van der Waals surface area (Å²) in [6, 6.07) is 0. The molecule has 0 N–H and O–H groups in total. The molecule has 0 unspecified atom stereocenters. The van der Waals surface area contributed by atoms with E-state index in [9.17, 15) is 17.3 Å². The van der Waals surface area contributed by atoms with Gasteiger partial charge in [-0.05, 0) is 160 Å². The Bertz CT molecular complexity index is 753. The predicted molar refractivity (Wildman–Crippen MR) is 203 cm³/mol. The summed E-state index contributed by atoms with van der Waals surface area (Å²) in [5.41, 5.74) is 8.74. The van der Waals surface area contributed by atoms with Gasteiger partial charge >= 0.3 is 24.3 Å². The van der Waals surface area contributed by atoms with Crippen LogP contribution in [-0.4, -0.2) is 29.9 Å². The van der Waals surface area contributed by atoms with Crippen molar-refractivity contribution in [2.45, 2.75) is 144 Å². The molecule has 0 aromatic heterocycles. The fraction of sp³-hybridized carbons (Fsp3) is 0.650. The molecule has 0 bridgehead atoms. The Morgan fingerprint density at radius 3 is 0.816 bits per heavy atom. The Labute approximate surface area is 329 Å². The van der Waals surface area contributed by atoms with Crippen LogP contribution in [0.3, 0.4) is 0 Å². The van der Waals surface area contributed by atoms with E-state index in [0.717, 1.165) is 22.6 Å². The third-order valence-electron chi connectivity index (χ3n) is 9.45. The van der Waals surface area contributed by atoms with Crippen LogP contribution in [0.25, 0.3) is 0 Å². The molecule has 281 valence electrons. The maximum atomic E-state index is 9.75.